The lowest BCUT2D eigenvalue weighted by molar-refractivity contribution is 0.236. The van der Waals surface area contributed by atoms with Crippen molar-refractivity contribution in [3.05, 3.63) is 69.7 Å². The molecule has 0 aliphatic rings. The monoisotopic (exact) mass is 354 g/mol. The third kappa shape index (κ3) is 4.09. The first-order valence-corrected chi connectivity index (χ1v) is 7.40. The predicted molar refractivity (Wildman–Crippen MR) is 83.8 cm³/mol. The molecule has 0 heterocycles. The highest BCUT2D eigenvalue weighted by molar-refractivity contribution is 9.10. The number of hydrogen-bond acceptors (Lipinski definition) is 2. The number of rotatable bonds is 5. The van der Waals surface area contributed by atoms with Gasteiger partial charge in [0.2, 0.25) is 0 Å². The summed E-state index contributed by atoms with van der Waals surface area (Å²) in [5.41, 5.74) is 7.17. The molecule has 2 aromatic rings. The molecule has 0 fully saturated rings. The van der Waals surface area contributed by atoms with Crippen molar-refractivity contribution in [1.29, 1.82) is 0 Å². The molecule has 0 aliphatic carbocycles. The molecular weight excluding hydrogens is 338 g/mol. The van der Waals surface area contributed by atoms with E-state index in [1.807, 2.05) is 18.0 Å². The van der Waals surface area contributed by atoms with Crippen molar-refractivity contribution >= 4 is 15.9 Å². The number of halogens is 3. The maximum Gasteiger partial charge on any atom is 0.128 e. The number of likely N-dealkylation sites (N-methyl/N-ethyl adjacent to an activating group) is 1. The van der Waals surface area contributed by atoms with Gasteiger partial charge in [-0.3, -0.25) is 4.90 Å². The molecule has 21 heavy (non-hydrogen) atoms. The molecule has 2 aromatic carbocycles. The van der Waals surface area contributed by atoms with Crippen LogP contribution in [0.2, 0.25) is 0 Å². The minimum atomic E-state index is -0.292. The summed E-state index contributed by atoms with van der Waals surface area (Å²) in [7, 11) is 1.85. The largest absolute Gasteiger partial charge is 0.329 e. The number of nitrogens with two attached hydrogens (primary N) is 1. The van der Waals surface area contributed by atoms with Crippen molar-refractivity contribution in [2.24, 2.45) is 5.73 Å². The maximum absolute atomic E-state index is 14.0. The summed E-state index contributed by atoms with van der Waals surface area (Å²) in [4.78, 5) is 1.92. The SMILES string of the molecule is CN(Cc1cccc(F)c1)C(CN)c1cc(Br)ccc1F. The van der Waals surface area contributed by atoms with E-state index in [0.717, 1.165) is 10.0 Å². The van der Waals surface area contributed by atoms with Crippen molar-refractivity contribution in [2.75, 3.05) is 13.6 Å². The van der Waals surface area contributed by atoms with E-state index < -0.39 is 0 Å². The average Bonchev–Trinajstić information content (AvgIpc) is 2.43. The molecule has 2 rings (SSSR count). The highest BCUT2D eigenvalue weighted by atomic mass is 79.9. The van der Waals surface area contributed by atoms with Crippen molar-refractivity contribution in [2.45, 2.75) is 12.6 Å². The van der Waals surface area contributed by atoms with Gasteiger partial charge < -0.3 is 5.73 Å². The van der Waals surface area contributed by atoms with E-state index in [9.17, 15) is 8.78 Å². The summed E-state index contributed by atoms with van der Waals surface area (Å²) in [6.45, 7) is 0.769. The van der Waals surface area contributed by atoms with Gasteiger partial charge in [-0.15, -0.1) is 0 Å². The third-order valence-corrected chi connectivity index (χ3v) is 3.89. The molecule has 0 radical (unpaired) electrons. The van der Waals surface area contributed by atoms with E-state index in [2.05, 4.69) is 15.9 Å². The molecule has 0 spiro atoms. The van der Waals surface area contributed by atoms with Crippen LogP contribution in [-0.4, -0.2) is 18.5 Å². The Hall–Kier alpha value is -1.30. The number of benzene rings is 2. The fourth-order valence-corrected chi connectivity index (χ4v) is 2.73. The molecule has 1 unspecified atom stereocenters. The van der Waals surface area contributed by atoms with Crippen LogP contribution in [0.1, 0.15) is 17.2 Å². The van der Waals surface area contributed by atoms with Crippen LogP contribution in [0.15, 0.2) is 46.9 Å². The first kappa shape index (κ1) is 16.1. The van der Waals surface area contributed by atoms with Gasteiger partial charge in [0.1, 0.15) is 11.6 Å². The van der Waals surface area contributed by atoms with Crippen LogP contribution in [0.4, 0.5) is 8.78 Å². The second-order valence-corrected chi connectivity index (χ2v) is 5.88. The Labute approximate surface area is 131 Å². The first-order chi connectivity index (χ1) is 10.0. The van der Waals surface area contributed by atoms with Crippen molar-refractivity contribution < 1.29 is 8.78 Å². The molecule has 0 aromatic heterocycles. The van der Waals surface area contributed by atoms with Crippen LogP contribution < -0.4 is 5.73 Å². The summed E-state index contributed by atoms with van der Waals surface area (Å²) in [5, 5.41) is 0. The van der Waals surface area contributed by atoms with Crippen LogP contribution in [-0.2, 0) is 6.54 Å². The molecular formula is C16H17BrF2N2. The van der Waals surface area contributed by atoms with Crippen LogP contribution >= 0.6 is 15.9 Å². The zero-order chi connectivity index (χ0) is 15.4. The molecule has 2 nitrogen and oxygen atoms in total. The van der Waals surface area contributed by atoms with Crippen LogP contribution in [0, 0.1) is 11.6 Å². The molecule has 5 heteroatoms. The zero-order valence-electron chi connectivity index (χ0n) is 11.7. The van der Waals surface area contributed by atoms with Gasteiger partial charge in [0.25, 0.3) is 0 Å². The van der Waals surface area contributed by atoms with E-state index in [0.29, 0.717) is 12.1 Å². The van der Waals surface area contributed by atoms with Crippen LogP contribution in [0.25, 0.3) is 0 Å². The fraction of sp³-hybridized carbons (Fsp3) is 0.250. The van der Waals surface area contributed by atoms with Crippen molar-refractivity contribution in [3.63, 3.8) is 0 Å². The zero-order valence-corrected chi connectivity index (χ0v) is 13.3. The minimum absolute atomic E-state index is 0.272. The van der Waals surface area contributed by atoms with Gasteiger partial charge in [0.05, 0.1) is 0 Å². The van der Waals surface area contributed by atoms with Gasteiger partial charge in [0.15, 0.2) is 0 Å². The predicted octanol–water partition coefficient (Wildman–Crippen LogP) is 3.86. The van der Waals surface area contributed by atoms with Crippen molar-refractivity contribution in [1.82, 2.24) is 4.90 Å². The van der Waals surface area contributed by atoms with Gasteiger partial charge >= 0.3 is 0 Å². The van der Waals surface area contributed by atoms with E-state index in [4.69, 9.17) is 5.73 Å². The van der Waals surface area contributed by atoms with Crippen LogP contribution in [0.3, 0.4) is 0 Å². The molecule has 0 saturated carbocycles. The van der Waals surface area contributed by atoms with Crippen molar-refractivity contribution in [3.8, 4) is 0 Å². The lowest BCUT2D eigenvalue weighted by atomic mass is 10.0. The Morgan fingerprint density at radius 1 is 1.19 bits per heavy atom. The Morgan fingerprint density at radius 3 is 2.62 bits per heavy atom. The maximum atomic E-state index is 14.0. The van der Waals surface area contributed by atoms with E-state index in [1.165, 1.54) is 18.2 Å². The molecule has 112 valence electrons. The minimum Gasteiger partial charge on any atom is -0.329 e. The third-order valence-electron chi connectivity index (χ3n) is 3.39. The summed E-state index contributed by atoms with van der Waals surface area (Å²) in [5.74, 6) is -0.571. The Bertz CT molecular complexity index is 619. The topological polar surface area (TPSA) is 29.3 Å². The summed E-state index contributed by atoms with van der Waals surface area (Å²) in [6, 6.07) is 10.9. The van der Waals surface area contributed by atoms with Crippen LogP contribution in [0.5, 0.6) is 0 Å². The second-order valence-electron chi connectivity index (χ2n) is 4.96. The van der Waals surface area contributed by atoms with Gasteiger partial charge in [-0.1, -0.05) is 28.1 Å². The summed E-state index contributed by atoms with van der Waals surface area (Å²) in [6.07, 6.45) is 0. The number of nitrogens with zero attached hydrogens (tertiary/aromatic N) is 1. The first-order valence-electron chi connectivity index (χ1n) is 6.61. The normalized spacial score (nSPS) is 12.7. The highest BCUT2D eigenvalue weighted by Crippen LogP contribution is 2.26. The molecule has 0 bridgehead atoms. The van der Waals surface area contributed by atoms with Gasteiger partial charge in [-0.2, -0.15) is 0 Å². The van der Waals surface area contributed by atoms with E-state index in [1.54, 1.807) is 18.2 Å². The van der Waals surface area contributed by atoms with Gasteiger partial charge in [0, 0.05) is 29.2 Å². The molecule has 0 aliphatic heterocycles. The average molecular weight is 355 g/mol. The van der Waals surface area contributed by atoms with E-state index in [-0.39, 0.29) is 24.2 Å². The molecule has 2 N–H and O–H groups in total. The molecule has 0 amide bonds. The van der Waals surface area contributed by atoms with Gasteiger partial charge in [-0.05, 0) is 42.9 Å². The van der Waals surface area contributed by atoms with E-state index >= 15 is 0 Å². The highest BCUT2D eigenvalue weighted by Gasteiger charge is 2.19. The molecule has 1 atom stereocenters. The molecule has 0 saturated heterocycles. The Morgan fingerprint density at radius 2 is 1.95 bits per heavy atom. The smallest absolute Gasteiger partial charge is 0.128 e. The summed E-state index contributed by atoms with van der Waals surface area (Å²) >= 11 is 3.34. The Balaban J connectivity index is 2.22. The number of hydrogen-bond donors (Lipinski definition) is 1. The van der Waals surface area contributed by atoms with Gasteiger partial charge in [-0.25, -0.2) is 8.78 Å². The lowest BCUT2D eigenvalue weighted by Gasteiger charge is -2.28. The fourth-order valence-electron chi connectivity index (χ4n) is 2.35. The second kappa shape index (κ2) is 7.11. The standard InChI is InChI=1S/C16H17BrF2N2/c1-21(10-11-3-2-4-13(18)7-11)16(9-20)14-8-12(17)5-6-15(14)19/h2-8,16H,9-10,20H2,1H3. The summed E-state index contributed by atoms with van der Waals surface area (Å²) < 4.78 is 28.0. The Kier molecular flexibility index (Phi) is 5.45. The quantitative estimate of drug-likeness (QED) is 0.883. The lowest BCUT2D eigenvalue weighted by Crippen LogP contribution is -2.31.